The molecule has 0 spiro atoms. The highest BCUT2D eigenvalue weighted by Gasteiger charge is 2.62. The van der Waals surface area contributed by atoms with Crippen LogP contribution in [0.15, 0.2) is 54.1 Å². The molecule has 17 heteroatoms. The number of carbonyl (C=O) groups excluding carboxylic acids is 4. The second kappa shape index (κ2) is 20.9. The van der Waals surface area contributed by atoms with Crippen molar-refractivity contribution in [3.05, 3.63) is 81.7 Å². The summed E-state index contributed by atoms with van der Waals surface area (Å²) in [5.41, 5.74) is 3.05. The number of rotatable bonds is 13. The molecule has 2 saturated heterocycles. The van der Waals surface area contributed by atoms with Crippen molar-refractivity contribution >= 4 is 83.9 Å². The Morgan fingerprint density at radius 3 is 2.51 bits per heavy atom. The van der Waals surface area contributed by atoms with Crippen LogP contribution in [0.25, 0.3) is 11.0 Å². The lowest BCUT2D eigenvalue weighted by Crippen LogP contribution is -2.63. The third-order valence-corrected chi connectivity index (χ3v) is 13.9. The molecule has 3 aliphatic heterocycles. The number of ketones is 1. The third kappa shape index (κ3) is 11.3. The maximum atomic E-state index is 14.3. The van der Waals surface area contributed by atoms with Crippen LogP contribution in [0.2, 0.25) is 5.02 Å². The minimum absolute atomic E-state index is 0.00476. The van der Waals surface area contributed by atoms with Gasteiger partial charge in [0.05, 0.1) is 46.9 Å². The Hall–Kier alpha value is -3.93. The van der Waals surface area contributed by atoms with E-state index in [0.29, 0.717) is 70.9 Å². The van der Waals surface area contributed by atoms with Crippen molar-refractivity contribution in [2.45, 2.75) is 112 Å². The number of methoxy groups -OCH3 is 2. The Bertz CT molecular complexity index is 2280. The van der Waals surface area contributed by atoms with Crippen molar-refractivity contribution in [2.24, 2.45) is 11.8 Å². The van der Waals surface area contributed by atoms with Gasteiger partial charge in [0, 0.05) is 74.4 Å². The van der Waals surface area contributed by atoms with Crippen molar-refractivity contribution in [3.8, 4) is 5.75 Å². The second-order valence-corrected chi connectivity index (χ2v) is 18.4. The number of benzene rings is 2. The summed E-state index contributed by atoms with van der Waals surface area (Å²) in [7, 11) is 4.63. The number of nitrogens with zero attached hydrogens (tertiary/aromatic N) is 3. The summed E-state index contributed by atoms with van der Waals surface area (Å²) in [6.07, 6.45) is 5.15. The zero-order valence-corrected chi connectivity index (χ0v) is 40.4. The molecule has 0 saturated carbocycles. The molecular weight excluding hydrogens is 962 g/mol. The lowest BCUT2D eigenvalue weighted by molar-refractivity contribution is -0.142. The first-order valence-electron chi connectivity index (χ1n) is 21.1. The van der Waals surface area contributed by atoms with Gasteiger partial charge < -0.3 is 34.3 Å². The van der Waals surface area contributed by atoms with E-state index in [9.17, 15) is 24.3 Å². The van der Waals surface area contributed by atoms with Crippen LogP contribution in [-0.2, 0) is 40.9 Å². The molecular formula is C46H56Br2ClN5O9. The fraction of sp³-hybridized carbons (Fsp3) is 0.522. The molecule has 2 fully saturated rings. The molecule has 4 bridgehead atoms. The summed E-state index contributed by atoms with van der Waals surface area (Å²) < 4.78 is 23.5. The second-order valence-electron chi connectivity index (χ2n) is 16.9. The van der Waals surface area contributed by atoms with Gasteiger partial charge in [-0.25, -0.2) is 14.8 Å². The summed E-state index contributed by atoms with van der Waals surface area (Å²) in [5.74, 6) is -1.05. The number of alkyl halides is 2. The van der Waals surface area contributed by atoms with E-state index in [2.05, 4.69) is 52.5 Å². The molecule has 0 aliphatic carbocycles. The summed E-state index contributed by atoms with van der Waals surface area (Å²) in [5, 5.41) is 18.7. The van der Waals surface area contributed by atoms with Crippen molar-refractivity contribution in [3.63, 3.8) is 0 Å². The van der Waals surface area contributed by atoms with Gasteiger partial charge in [-0.15, -0.1) is 0 Å². The monoisotopic (exact) mass is 1020 g/mol. The largest absolute Gasteiger partial charge is 0.495 e. The van der Waals surface area contributed by atoms with E-state index in [1.54, 1.807) is 37.4 Å². The van der Waals surface area contributed by atoms with Gasteiger partial charge >= 0.3 is 6.09 Å². The number of aliphatic hydroxyl groups is 1. The summed E-state index contributed by atoms with van der Waals surface area (Å²) in [6, 6.07) is 8.95. The maximum Gasteiger partial charge on any atom is 0.409 e. The molecule has 4 heterocycles. The fourth-order valence-corrected chi connectivity index (χ4v) is 9.84. The Kier molecular flexibility index (Phi) is 16.1. The standard InChI is InChI=1S/C46H56Br2ClN5O9/c1-26-11-10-13-39(61-6)46(59)23-38(62-44(58)53-46)27(2)42-45(3,63-42)30(22-40(56)54(4)36-18-28(17-26)19-37(60-5)41(36)49)21-31(55)12-8-7-9-16-50-43(57)29-14-15-32-33(20-29)52-35(25-48)34(24-47)51-32/h10-11,13-15,18-20,27,30,38-39,42,59H,7-9,12,16-17,21-25H2,1-6H3,(H,50,57)(H,53,58)/b13-10+,26-11+/t27-,30+,38+,39-,42+,45+,46+/m1/s1. The number of hydrogen-bond donors (Lipinski definition) is 3. The quantitative estimate of drug-likeness (QED) is 0.0856. The number of unbranched alkanes of at least 4 members (excludes halogenated alkanes) is 2. The number of allylic oxidation sites excluding steroid dienone is 3. The zero-order valence-electron chi connectivity index (χ0n) is 36.5. The van der Waals surface area contributed by atoms with E-state index in [-0.39, 0.29) is 48.3 Å². The van der Waals surface area contributed by atoms with Crippen molar-refractivity contribution in [1.29, 1.82) is 0 Å². The third-order valence-electron chi connectivity index (χ3n) is 12.4. The lowest BCUT2D eigenvalue weighted by Gasteiger charge is -2.42. The van der Waals surface area contributed by atoms with Crippen LogP contribution in [0, 0.1) is 11.8 Å². The van der Waals surface area contributed by atoms with E-state index >= 15 is 0 Å². The topological polar surface area (TPSA) is 182 Å². The molecule has 14 nitrogen and oxygen atoms in total. The van der Waals surface area contributed by atoms with Gasteiger partial charge in [0.15, 0.2) is 5.72 Å². The molecule has 0 unspecified atom stereocenters. The molecule has 7 atom stereocenters. The Labute approximate surface area is 390 Å². The highest BCUT2D eigenvalue weighted by Crippen LogP contribution is 2.52. The van der Waals surface area contributed by atoms with Crippen LogP contribution < -0.4 is 20.3 Å². The molecule has 340 valence electrons. The van der Waals surface area contributed by atoms with E-state index in [4.69, 9.17) is 30.5 Å². The van der Waals surface area contributed by atoms with E-state index in [0.717, 1.165) is 22.5 Å². The van der Waals surface area contributed by atoms with Gasteiger partial charge in [0.1, 0.15) is 28.8 Å². The fourth-order valence-electron chi connectivity index (χ4n) is 8.63. The van der Waals surface area contributed by atoms with Crippen LogP contribution in [0.4, 0.5) is 10.5 Å². The van der Waals surface area contributed by atoms with Crippen LogP contribution in [0.1, 0.15) is 93.0 Å². The number of nitrogens with one attached hydrogen (secondary N) is 2. The molecule has 3 aromatic rings. The Balaban J connectivity index is 1.15. The van der Waals surface area contributed by atoms with E-state index < -0.39 is 47.6 Å². The molecule has 3 amide bonds. The smallest absolute Gasteiger partial charge is 0.409 e. The highest BCUT2D eigenvalue weighted by atomic mass is 79.9. The van der Waals surface area contributed by atoms with Gasteiger partial charge in [-0.2, -0.15) is 0 Å². The van der Waals surface area contributed by atoms with Gasteiger partial charge in [-0.3, -0.25) is 19.7 Å². The number of fused-ring (bicyclic) bond motifs is 6. The first-order valence-corrected chi connectivity index (χ1v) is 23.8. The number of carbonyl (C=O) groups is 4. The number of epoxide rings is 1. The van der Waals surface area contributed by atoms with Crippen LogP contribution in [0.3, 0.4) is 0 Å². The van der Waals surface area contributed by atoms with Crippen molar-refractivity contribution < 1.29 is 43.2 Å². The number of hydrogen-bond acceptors (Lipinski definition) is 11. The molecule has 0 radical (unpaired) electrons. The van der Waals surface area contributed by atoms with Gasteiger partial charge in [0.2, 0.25) is 5.91 Å². The maximum absolute atomic E-state index is 14.3. The summed E-state index contributed by atoms with van der Waals surface area (Å²) >= 11 is 13.7. The number of aromatic nitrogens is 2. The number of alkyl carbamates (subject to hydrolysis) is 1. The minimum Gasteiger partial charge on any atom is -0.495 e. The summed E-state index contributed by atoms with van der Waals surface area (Å²) in [4.78, 5) is 64.8. The zero-order chi connectivity index (χ0) is 45.6. The highest BCUT2D eigenvalue weighted by molar-refractivity contribution is 9.09. The number of anilines is 1. The van der Waals surface area contributed by atoms with Crippen molar-refractivity contribution in [1.82, 2.24) is 20.6 Å². The van der Waals surface area contributed by atoms with E-state index in [1.807, 2.05) is 39.0 Å². The molecule has 2 aromatic carbocycles. The van der Waals surface area contributed by atoms with Gasteiger partial charge in [0.25, 0.3) is 5.91 Å². The lowest BCUT2D eigenvalue weighted by atomic mass is 9.78. The predicted octanol–water partition coefficient (Wildman–Crippen LogP) is 8.05. The first-order chi connectivity index (χ1) is 30.0. The first kappa shape index (κ1) is 48.5. The SMILES string of the molecule is COc1cc2cc(c1Cl)N(C)C(=O)C[C@H](CC(=O)CCCCCNC(=O)c1ccc3nc(CBr)c(CBr)nc3c1)[C@]1(C)O[C@H]1[C@H](C)[C@@H]1C[C@@](O)(NC(=O)O1)[C@H](OC)/C=C/C=C(\C)C2. The van der Waals surface area contributed by atoms with Crippen LogP contribution >= 0.6 is 43.5 Å². The average molecular weight is 1020 g/mol. The van der Waals surface area contributed by atoms with Gasteiger partial charge in [-0.05, 0) is 69.0 Å². The number of ether oxygens (including phenoxy) is 4. The van der Waals surface area contributed by atoms with E-state index in [1.165, 1.54) is 19.1 Å². The Morgan fingerprint density at radius 1 is 1.08 bits per heavy atom. The predicted molar refractivity (Wildman–Crippen MR) is 248 cm³/mol. The normalized spacial score (nSPS) is 27.7. The minimum atomic E-state index is -1.79. The molecule has 3 N–H and O–H groups in total. The number of halogens is 3. The number of amides is 3. The average Bonchev–Trinajstić information content (AvgIpc) is 3.96. The van der Waals surface area contributed by atoms with Crippen LogP contribution in [0.5, 0.6) is 5.75 Å². The molecule has 3 aliphatic rings. The van der Waals surface area contributed by atoms with Crippen molar-refractivity contribution in [2.75, 3.05) is 32.7 Å². The summed E-state index contributed by atoms with van der Waals surface area (Å²) in [6.45, 7) is 6.14. The molecule has 1 aromatic heterocycles. The Morgan fingerprint density at radius 2 is 1.81 bits per heavy atom. The number of Topliss-reactive ketones (excluding diaryl/α,β-unsaturated/α-hetero) is 1. The molecule has 63 heavy (non-hydrogen) atoms. The van der Waals surface area contributed by atoms with Crippen LogP contribution in [-0.4, -0.2) is 96.2 Å². The molecule has 6 rings (SSSR count). The van der Waals surface area contributed by atoms with Gasteiger partial charge in [-0.1, -0.05) is 80.6 Å².